The van der Waals surface area contributed by atoms with Crippen LogP contribution in [0.1, 0.15) is 26.7 Å². The predicted octanol–water partition coefficient (Wildman–Crippen LogP) is 4.18. The highest BCUT2D eigenvalue weighted by molar-refractivity contribution is 7.89. The molecule has 1 fully saturated rings. The minimum atomic E-state index is -3.78. The van der Waals surface area contributed by atoms with E-state index in [9.17, 15) is 13.2 Å². The van der Waals surface area contributed by atoms with Gasteiger partial charge in [-0.15, -0.1) is 0 Å². The van der Waals surface area contributed by atoms with Crippen LogP contribution in [0.5, 0.6) is 11.5 Å². The number of carbonyl (C=O) groups excluding carboxylic acids is 1. The third kappa shape index (κ3) is 5.70. The minimum Gasteiger partial charge on any atom is -0.494 e. The van der Waals surface area contributed by atoms with Crippen LogP contribution in [0, 0.1) is 5.92 Å². The van der Waals surface area contributed by atoms with Gasteiger partial charge in [0.25, 0.3) is 0 Å². The highest BCUT2D eigenvalue weighted by atomic mass is 35.5. The molecule has 0 unspecified atom stereocenters. The number of nitrogens with zero attached hydrogens (tertiary/aromatic N) is 1. The normalized spacial score (nSPS) is 15.5. The second-order valence-corrected chi connectivity index (χ2v) is 9.49. The van der Waals surface area contributed by atoms with Crippen LogP contribution in [0.15, 0.2) is 47.4 Å². The van der Waals surface area contributed by atoms with Crippen molar-refractivity contribution in [2.45, 2.75) is 31.6 Å². The molecule has 1 aliphatic heterocycles. The van der Waals surface area contributed by atoms with Crippen LogP contribution >= 0.6 is 11.6 Å². The number of carbonyl (C=O) groups is 1. The van der Waals surface area contributed by atoms with Gasteiger partial charge in [0.2, 0.25) is 15.9 Å². The van der Waals surface area contributed by atoms with Gasteiger partial charge >= 0.3 is 0 Å². The lowest BCUT2D eigenvalue weighted by atomic mass is 9.97. The molecule has 0 aromatic heterocycles. The van der Waals surface area contributed by atoms with E-state index in [0.717, 1.165) is 5.75 Å². The van der Waals surface area contributed by atoms with Crippen LogP contribution in [-0.2, 0) is 14.8 Å². The number of ether oxygens (including phenoxy) is 2. The first-order chi connectivity index (χ1) is 14.8. The lowest BCUT2D eigenvalue weighted by Crippen LogP contribution is -2.41. The van der Waals surface area contributed by atoms with Crippen LogP contribution in [0.3, 0.4) is 0 Å². The molecule has 3 rings (SSSR count). The fraction of sp³-hybridized carbons (Fsp3) is 0.409. The van der Waals surface area contributed by atoms with Crippen molar-refractivity contribution in [2.75, 3.05) is 31.6 Å². The van der Waals surface area contributed by atoms with Crippen molar-refractivity contribution < 1.29 is 22.7 Å². The number of piperidine rings is 1. The summed E-state index contributed by atoms with van der Waals surface area (Å²) in [5, 5.41) is 3.23. The molecule has 0 radical (unpaired) electrons. The van der Waals surface area contributed by atoms with Gasteiger partial charge in [-0.25, -0.2) is 8.42 Å². The molecule has 0 saturated carbocycles. The van der Waals surface area contributed by atoms with Crippen molar-refractivity contribution in [2.24, 2.45) is 5.92 Å². The zero-order valence-electron chi connectivity index (χ0n) is 17.6. The smallest absolute Gasteiger partial charge is 0.246 e. The Labute approximate surface area is 188 Å². The lowest BCUT2D eigenvalue weighted by Gasteiger charge is -2.31. The Hall–Kier alpha value is -2.29. The van der Waals surface area contributed by atoms with Gasteiger partial charge in [-0.3, -0.25) is 4.79 Å². The molecule has 1 amide bonds. The number of rotatable bonds is 8. The SMILES string of the molecule is CCOc1ccc(NC(=O)C2CCN(S(=O)(=O)c3cc(Cl)ccc3OCC)CC2)cc1. The molecule has 168 valence electrons. The zero-order chi connectivity index (χ0) is 22.4. The minimum absolute atomic E-state index is 0.0548. The molecule has 1 aliphatic rings. The number of hydrogen-bond donors (Lipinski definition) is 1. The number of sulfonamides is 1. The van der Waals surface area contributed by atoms with E-state index in [1.165, 1.54) is 10.4 Å². The Bertz CT molecular complexity index is 1000. The van der Waals surface area contributed by atoms with Crippen molar-refractivity contribution in [3.63, 3.8) is 0 Å². The van der Waals surface area contributed by atoms with Crippen molar-refractivity contribution >= 4 is 33.2 Å². The van der Waals surface area contributed by atoms with E-state index in [4.69, 9.17) is 21.1 Å². The van der Waals surface area contributed by atoms with Crippen molar-refractivity contribution in [3.8, 4) is 11.5 Å². The molecule has 9 heteroatoms. The number of hydrogen-bond acceptors (Lipinski definition) is 5. The predicted molar refractivity (Wildman–Crippen MR) is 120 cm³/mol. The Balaban J connectivity index is 1.63. The summed E-state index contributed by atoms with van der Waals surface area (Å²) >= 11 is 6.03. The van der Waals surface area contributed by atoms with Gasteiger partial charge in [-0.1, -0.05) is 11.6 Å². The second-order valence-electron chi connectivity index (χ2n) is 7.15. The van der Waals surface area contributed by atoms with E-state index in [2.05, 4.69) is 5.32 Å². The van der Waals surface area contributed by atoms with Gasteiger partial charge in [0, 0.05) is 29.7 Å². The van der Waals surface area contributed by atoms with Gasteiger partial charge in [-0.2, -0.15) is 4.31 Å². The number of halogens is 1. The van der Waals surface area contributed by atoms with E-state index in [1.807, 2.05) is 6.92 Å². The van der Waals surface area contributed by atoms with Gasteiger partial charge in [0.1, 0.15) is 16.4 Å². The fourth-order valence-electron chi connectivity index (χ4n) is 3.50. The maximum atomic E-state index is 13.2. The molecule has 2 aromatic rings. The van der Waals surface area contributed by atoms with Crippen molar-refractivity contribution in [3.05, 3.63) is 47.5 Å². The molecule has 0 spiro atoms. The third-order valence-corrected chi connectivity index (χ3v) is 7.24. The molecule has 0 aliphatic carbocycles. The standard InChI is InChI=1S/C22H27ClN2O5S/c1-3-29-19-8-6-18(7-9-19)24-22(26)16-11-13-25(14-12-16)31(27,28)21-15-17(23)5-10-20(21)30-4-2/h5-10,15-16H,3-4,11-14H2,1-2H3,(H,24,26). The maximum Gasteiger partial charge on any atom is 0.246 e. The van der Waals surface area contributed by atoms with Crippen LogP contribution < -0.4 is 14.8 Å². The highest BCUT2D eigenvalue weighted by Gasteiger charge is 2.34. The fourth-order valence-corrected chi connectivity index (χ4v) is 5.36. The lowest BCUT2D eigenvalue weighted by molar-refractivity contribution is -0.120. The first kappa shape index (κ1) is 23.4. The van der Waals surface area contributed by atoms with Gasteiger partial charge in [0.15, 0.2) is 0 Å². The van der Waals surface area contributed by atoms with Gasteiger partial charge in [-0.05, 0) is 69.2 Å². The average molecular weight is 467 g/mol. The highest BCUT2D eigenvalue weighted by Crippen LogP contribution is 2.32. The van der Waals surface area contributed by atoms with Crippen molar-refractivity contribution in [1.29, 1.82) is 0 Å². The molecule has 0 atom stereocenters. The third-order valence-electron chi connectivity index (χ3n) is 5.08. The first-order valence-corrected chi connectivity index (χ1v) is 12.1. The molecule has 1 N–H and O–H groups in total. The number of benzene rings is 2. The summed E-state index contributed by atoms with van der Waals surface area (Å²) in [5.74, 6) is 0.649. The van der Waals surface area contributed by atoms with E-state index in [0.29, 0.717) is 36.8 Å². The van der Waals surface area contributed by atoms with E-state index in [1.54, 1.807) is 43.3 Å². The topological polar surface area (TPSA) is 84.9 Å². The Morgan fingerprint density at radius 3 is 2.32 bits per heavy atom. The number of nitrogens with one attached hydrogen (secondary N) is 1. The molecule has 0 bridgehead atoms. The van der Waals surface area contributed by atoms with Crippen LogP contribution in [0.4, 0.5) is 5.69 Å². The van der Waals surface area contributed by atoms with Crippen LogP contribution in [0.25, 0.3) is 0 Å². The van der Waals surface area contributed by atoms with E-state index < -0.39 is 10.0 Å². The summed E-state index contributed by atoms with van der Waals surface area (Å²) in [4.78, 5) is 12.7. The molecule has 7 nitrogen and oxygen atoms in total. The van der Waals surface area contributed by atoms with Crippen LogP contribution in [-0.4, -0.2) is 44.9 Å². The van der Waals surface area contributed by atoms with Gasteiger partial charge in [0.05, 0.1) is 13.2 Å². The Morgan fingerprint density at radius 2 is 1.71 bits per heavy atom. The summed E-state index contributed by atoms with van der Waals surface area (Å²) in [5.41, 5.74) is 0.684. The second kappa shape index (κ2) is 10.3. The summed E-state index contributed by atoms with van der Waals surface area (Å²) in [6, 6.07) is 11.8. The largest absolute Gasteiger partial charge is 0.494 e. The van der Waals surface area contributed by atoms with E-state index >= 15 is 0 Å². The number of anilines is 1. The monoisotopic (exact) mass is 466 g/mol. The van der Waals surface area contributed by atoms with Crippen LogP contribution in [0.2, 0.25) is 5.02 Å². The first-order valence-electron chi connectivity index (χ1n) is 10.3. The molecule has 2 aromatic carbocycles. The summed E-state index contributed by atoms with van der Waals surface area (Å²) in [7, 11) is -3.78. The quantitative estimate of drug-likeness (QED) is 0.630. The Kier molecular flexibility index (Phi) is 7.80. The van der Waals surface area contributed by atoms with E-state index in [-0.39, 0.29) is 35.6 Å². The van der Waals surface area contributed by atoms with Crippen molar-refractivity contribution in [1.82, 2.24) is 4.31 Å². The molecular formula is C22H27ClN2O5S. The molecular weight excluding hydrogens is 440 g/mol. The average Bonchev–Trinajstić information content (AvgIpc) is 2.76. The maximum absolute atomic E-state index is 13.2. The molecule has 31 heavy (non-hydrogen) atoms. The summed E-state index contributed by atoms with van der Waals surface area (Å²) in [6.45, 7) is 5.13. The summed E-state index contributed by atoms with van der Waals surface area (Å²) < 4.78 is 38.6. The number of amides is 1. The molecule has 1 saturated heterocycles. The summed E-state index contributed by atoms with van der Waals surface area (Å²) in [6.07, 6.45) is 0.874. The molecule has 1 heterocycles. The zero-order valence-corrected chi connectivity index (χ0v) is 19.2. The Morgan fingerprint density at radius 1 is 1.06 bits per heavy atom. The van der Waals surface area contributed by atoms with Gasteiger partial charge < -0.3 is 14.8 Å².